The van der Waals surface area contributed by atoms with E-state index in [1.807, 2.05) is 95.8 Å². The summed E-state index contributed by atoms with van der Waals surface area (Å²) >= 11 is 7.44. The van der Waals surface area contributed by atoms with Crippen LogP contribution in [0.5, 0.6) is 5.75 Å². The fraction of sp³-hybridized carbons (Fsp3) is 0.194. The van der Waals surface area contributed by atoms with Crippen molar-refractivity contribution in [3.05, 3.63) is 106 Å². The number of piperidine rings is 1. The smallest absolute Gasteiger partial charge is 0.286 e. The number of hydrogen-bond donors (Lipinski definition) is 0. The van der Waals surface area contributed by atoms with Crippen LogP contribution in [0.2, 0.25) is 5.02 Å². The minimum Gasteiger partial charge on any atom is -0.489 e. The summed E-state index contributed by atoms with van der Waals surface area (Å²) in [6, 6.07) is 25.5. The normalized spacial score (nSPS) is 16.5. The van der Waals surface area contributed by atoms with E-state index in [-0.39, 0.29) is 5.91 Å². The third kappa shape index (κ3) is 5.95. The molecule has 0 bridgehead atoms. The maximum atomic E-state index is 12.9. The number of carbonyl (C=O) groups is 1. The number of ether oxygens (including phenoxy) is 1. The maximum Gasteiger partial charge on any atom is 0.286 e. The molecule has 0 saturated carbocycles. The van der Waals surface area contributed by atoms with E-state index in [0.29, 0.717) is 16.5 Å². The van der Waals surface area contributed by atoms with Gasteiger partial charge in [-0.25, -0.2) is 4.68 Å². The Balaban J connectivity index is 1.26. The molecule has 196 valence electrons. The van der Waals surface area contributed by atoms with Crippen LogP contribution in [0.4, 0.5) is 0 Å². The number of rotatable bonds is 6. The second-order valence-electron chi connectivity index (χ2n) is 9.51. The Bertz CT molecular complexity index is 1520. The van der Waals surface area contributed by atoms with E-state index in [4.69, 9.17) is 21.4 Å². The Labute approximate surface area is 237 Å². The zero-order valence-corrected chi connectivity index (χ0v) is 22.9. The van der Waals surface area contributed by atoms with Crippen molar-refractivity contribution in [2.75, 3.05) is 13.1 Å². The molecule has 0 N–H and O–H groups in total. The number of likely N-dealkylation sites (tertiary alicyclic amines) is 1. The van der Waals surface area contributed by atoms with Gasteiger partial charge >= 0.3 is 0 Å². The second-order valence-corrected chi connectivity index (χ2v) is 11.0. The first-order valence-corrected chi connectivity index (χ1v) is 14.2. The summed E-state index contributed by atoms with van der Waals surface area (Å²) < 4.78 is 7.82. The van der Waals surface area contributed by atoms with Gasteiger partial charge in [0.2, 0.25) is 0 Å². The molecule has 8 heteroatoms. The minimum atomic E-state index is -0.190. The molecule has 6 rings (SSSR count). The van der Waals surface area contributed by atoms with Gasteiger partial charge in [0.1, 0.15) is 12.4 Å². The quantitative estimate of drug-likeness (QED) is 0.235. The number of thioether (sulfide) groups is 1. The van der Waals surface area contributed by atoms with Gasteiger partial charge in [-0.15, -0.1) is 0 Å². The molecule has 0 aliphatic carbocycles. The van der Waals surface area contributed by atoms with Gasteiger partial charge in [-0.05, 0) is 91.2 Å². The predicted molar refractivity (Wildman–Crippen MR) is 158 cm³/mol. The van der Waals surface area contributed by atoms with E-state index in [0.717, 1.165) is 64.9 Å². The largest absolute Gasteiger partial charge is 0.489 e. The molecule has 0 radical (unpaired) electrons. The number of para-hydroxylation sites is 1. The zero-order chi connectivity index (χ0) is 26.6. The van der Waals surface area contributed by atoms with Crippen molar-refractivity contribution < 1.29 is 9.53 Å². The Morgan fingerprint density at radius 3 is 2.41 bits per heavy atom. The summed E-state index contributed by atoms with van der Waals surface area (Å²) in [5.74, 6) is 0.571. The van der Waals surface area contributed by atoms with Gasteiger partial charge in [-0.3, -0.25) is 4.79 Å². The van der Waals surface area contributed by atoms with Gasteiger partial charge in [-0.2, -0.15) is 10.1 Å². The average Bonchev–Trinajstić information content (AvgIpc) is 3.57. The highest BCUT2D eigenvalue weighted by Gasteiger charge is 2.27. The van der Waals surface area contributed by atoms with Crippen LogP contribution in [0.15, 0.2) is 95.0 Å². The lowest BCUT2D eigenvalue weighted by molar-refractivity contribution is -0.113. The lowest BCUT2D eigenvalue weighted by Crippen LogP contribution is -2.33. The van der Waals surface area contributed by atoms with Crippen molar-refractivity contribution >= 4 is 40.5 Å². The van der Waals surface area contributed by atoms with Crippen LogP contribution in [0.25, 0.3) is 23.0 Å². The highest BCUT2D eigenvalue weighted by atomic mass is 35.5. The van der Waals surface area contributed by atoms with E-state index in [1.54, 1.807) is 0 Å². The number of amidine groups is 1. The summed E-state index contributed by atoms with van der Waals surface area (Å²) in [6.07, 6.45) is 7.40. The molecule has 1 amide bonds. The van der Waals surface area contributed by atoms with E-state index in [1.165, 1.54) is 18.2 Å². The van der Waals surface area contributed by atoms with Crippen LogP contribution in [0.1, 0.15) is 30.4 Å². The molecule has 1 aromatic heterocycles. The topological polar surface area (TPSA) is 59.7 Å². The Morgan fingerprint density at radius 1 is 0.923 bits per heavy atom. The third-order valence-corrected chi connectivity index (χ3v) is 8.03. The van der Waals surface area contributed by atoms with Crippen molar-refractivity contribution in [3.63, 3.8) is 0 Å². The highest BCUT2D eigenvalue weighted by Crippen LogP contribution is 2.34. The summed E-state index contributed by atoms with van der Waals surface area (Å²) in [4.78, 5) is 20.1. The van der Waals surface area contributed by atoms with Gasteiger partial charge in [-0.1, -0.05) is 41.9 Å². The molecule has 4 aromatic rings. The molecule has 3 heterocycles. The Kier molecular flexibility index (Phi) is 7.52. The maximum absolute atomic E-state index is 12.9. The molecule has 1 fully saturated rings. The molecular weight excluding hydrogens is 528 g/mol. The van der Waals surface area contributed by atoms with Gasteiger partial charge in [0.25, 0.3) is 5.91 Å². The summed E-state index contributed by atoms with van der Waals surface area (Å²) in [5, 5.41) is 6.42. The van der Waals surface area contributed by atoms with Crippen molar-refractivity contribution in [2.24, 2.45) is 4.99 Å². The first kappa shape index (κ1) is 25.5. The average molecular weight is 555 g/mol. The second kappa shape index (κ2) is 11.5. The van der Waals surface area contributed by atoms with Gasteiger partial charge in [0, 0.05) is 35.4 Å². The van der Waals surface area contributed by atoms with E-state index in [2.05, 4.69) is 9.89 Å². The minimum absolute atomic E-state index is 0.190. The Hall–Kier alpha value is -3.81. The number of carbonyl (C=O) groups excluding carboxylic acids is 1. The molecule has 0 atom stereocenters. The summed E-state index contributed by atoms with van der Waals surface area (Å²) in [5.41, 5.74) is 4.57. The number of aliphatic imine (C=N–C) groups is 1. The number of aromatic nitrogens is 2. The number of nitrogens with zero attached hydrogens (tertiary/aromatic N) is 4. The van der Waals surface area contributed by atoms with Crippen molar-refractivity contribution in [1.29, 1.82) is 0 Å². The molecule has 3 aromatic carbocycles. The zero-order valence-electron chi connectivity index (χ0n) is 21.3. The number of hydrogen-bond acceptors (Lipinski definition) is 5. The molecule has 39 heavy (non-hydrogen) atoms. The van der Waals surface area contributed by atoms with Gasteiger partial charge < -0.3 is 9.64 Å². The van der Waals surface area contributed by atoms with Gasteiger partial charge in [0.05, 0.1) is 16.3 Å². The van der Waals surface area contributed by atoms with E-state index >= 15 is 0 Å². The molecule has 6 nitrogen and oxygen atoms in total. The van der Waals surface area contributed by atoms with Crippen molar-refractivity contribution in [3.8, 4) is 22.7 Å². The highest BCUT2D eigenvalue weighted by molar-refractivity contribution is 8.18. The van der Waals surface area contributed by atoms with E-state index < -0.39 is 0 Å². The fourth-order valence-corrected chi connectivity index (χ4v) is 5.73. The van der Waals surface area contributed by atoms with Crippen LogP contribution in [0.3, 0.4) is 0 Å². The van der Waals surface area contributed by atoms with Crippen LogP contribution in [-0.4, -0.2) is 38.8 Å². The lowest BCUT2D eigenvalue weighted by Gasteiger charge is -2.27. The van der Waals surface area contributed by atoms with Gasteiger partial charge in [0.15, 0.2) is 5.17 Å². The molecule has 2 aliphatic heterocycles. The number of amides is 1. The Morgan fingerprint density at radius 2 is 1.67 bits per heavy atom. The van der Waals surface area contributed by atoms with Crippen molar-refractivity contribution in [1.82, 2.24) is 14.7 Å². The van der Waals surface area contributed by atoms with Crippen LogP contribution in [0, 0.1) is 0 Å². The third-order valence-electron chi connectivity index (χ3n) is 6.73. The first-order valence-electron chi connectivity index (χ1n) is 13.0. The number of halogens is 1. The number of benzene rings is 3. The summed E-state index contributed by atoms with van der Waals surface area (Å²) in [6.45, 7) is 2.36. The molecule has 2 aliphatic rings. The van der Waals surface area contributed by atoms with Crippen LogP contribution in [-0.2, 0) is 11.4 Å². The molecule has 1 saturated heterocycles. The monoisotopic (exact) mass is 554 g/mol. The SMILES string of the molecule is O=C1N=C(N2CCCCC2)S/C1=C\c1cn(-c2ccccc2)nc1-c1ccc(OCc2ccc(Cl)cc2)cc1. The predicted octanol–water partition coefficient (Wildman–Crippen LogP) is 7.23. The van der Waals surface area contributed by atoms with Crippen molar-refractivity contribution in [2.45, 2.75) is 25.9 Å². The summed E-state index contributed by atoms with van der Waals surface area (Å²) in [7, 11) is 0. The van der Waals surface area contributed by atoms with E-state index in [9.17, 15) is 4.79 Å². The molecule has 0 unspecified atom stereocenters. The lowest BCUT2D eigenvalue weighted by atomic mass is 10.1. The fourth-order valence-electron chi connectivity index (χ4n) is 4.65. The standard InChI is InChI=1S/C31H27ClN4O2S/c32-25-13-9-22(10-14-25)21-38-27-15-11-23(12-16-27)29-24(20-36(34-29)26-7-3-1-4-8-26)19-28-30(37)33-31(39-28)35-17-5-2-6-18-35/h1,3-4,7-16,19-20H,2,5-6,17-18,21H2/b28-19-. The van der Waals surface area contributed by atoms with Crippen LogP contribution < -0.4 is 4.74 Å². The first-order chi connectivity index (χ1) is 19.1. The van der Waals surface area contributed by atoms with Crippen LogP contribution >= 0.6 is 23.4 Å². The molecular formula is C31H27ClN4O2S. The molecule has 0 spiro atoms.